The van der Waals surface area contributed by atoms with Crippen LogP contribution in [0.3, 0.4) is 0 Å². The summed E-state index contributed by atoms with van der Waals surface area (Å²) in [5.74, 6) is 1.25. The summed E-state index contributed by atoms with van der Waals surface area (Å²) in [6.07, 6.45) is 3.34. The van der Waals surface area contributed by atoms with Crippen molar-refractivity contribution < 1.29 is 9.21 Å². The van der Waals surface area contributed by atoms with E-state index in [1.807, 2.05) is 16.0 Å². The van der Waals surface area contributed by atoms with Crippen LogP contribution in [-0.2, 0) is 11.3 Å². The van der Waals surface area contributed by atoms with E-state index in [-0.39, 0.29) is 11.7 Å². The minimum atomic E-state index is -0.152. The van der Waals surface area contributed by atoms with E-state index in [2.05, 4.69) is 60.0 Å². The molecule has 0 unspecified atom stereocenters. The third-order valence-corrected chi connectivity index (χ3v) is 6.51. The number of nitrogens with one attached hydrogen (secondary N) is 1. The van der Waals surface area contributed by atoms with Gasteiger partial charge in [-0.05, 0) is 44.0 Å². The summed E-state index contributed by atoms with van der Waals surface area (Å²) in [7, 11) is 0. The topological polar surface area (TPSA) is 85.8 Å². The second-order valence-electron chi connectivity index (χ2n) is 7.33. The SMILES string of the molecule is C=CCn1c(SCC(=O)Nc2nc(-c3c(C)cc(C)cc3C)cs2)nnc1-c1ccco1. The molecule has 32 heavy (non-hydrogen) atoms. The minimum Gasteiger partial charge on any atom is -0.461 e. The van der Waals surface area contributed by atoms with E-state index in [1.54, 1.807) is 18.4 Å². The highest BCUT2D eigenvalue weighted by Gasteiger charge is 2.17. The molecule has 0 aliphatic rings. The average Bonchev–Trinajstić information content (AvgIpc) is 3.47. The maximum absolute atomic E-state index is 12.6. The molecule has 0 atom stereocenters. The van der Waals surface area contributed by atoms with Crippen molar-refractivity contribution in [2.75, 3.05) is 11.1 Å². The van der Waals surface area contributed by atoms with Crippen LogP contribution in [0.15, 0.2) is 58.1 Å². The number of allylic oxidation sites excluding steroid dienone is 1. The van der Waals surface area contributed by atoms with Crippen molar-refractivity contribution in [3.8, 4) is 22.8 Å². The Morgan fingerprint density at radius 1 is 1.28 bits per heavy atom. The van der Waals surface area contributed by atoms with Gasteiger partial charge in [-0.1, -0.05) is 35.5 Å². The summed E-state index contributed by atoms with van der Waals surface area (Å²) in [5, 5.41) is 14.5. The Morgan fingerprint density at radius 2 is 2.06 bits per heavy atom. The van der Waals surface area contributed by atoms with Gasteiger partial charge in [-0.15, -0.1) is 28.1 Å². The Balaban J connectivity index is 1.43. The van der Waals surface area contributed by atoms with E-state index in [1.165, 1.54) is 39.8 Å². The predicted octanol–water partition coefficient (Wildman–Crippen LogP) is 5.50. The second-order valence-corrected chi connectivity index (χ2v) is 9.13. The molecule has 0 radical (unpaired) electrons. The number of thioether (sulfide) groups is 1. The van der Waals surface area contributed by atoms with Crippen LogP contribution in [0.2, 0.25) is 0 Å². The normalized spacial score (nSPS) is 11.0. The number of anilines is 1. The largest absolute Gasteiger partial charge is 0.461 e. The molecule has 0 spiro atoms. The van der Waals surface area contributed by atoms with Crippen LogP contribution in [-0.4, -0.2) is 31.4 Å². The molecule has 0 saturated heterocycles. The first kappa shape index (κ1) is 22.0. The number of hydrogen-bond donors (Lipinski definition) is 1. The zero-order chi connectivity index (χ0) is 22.7. The minimum absolute atomic E-state index is 0.152. The van der Waals surface area contributed by atoms with E-state index < -0.39 is 0 Å². The second kappa shape index (κ2) is 9.54. The van der Waals surface area contributed by atoms with Crippen LogP contribution >= 0.6 is 23.1 Å². The Bertz CT molecular complexity index is 1230. The van der Waals surface area contributed by atoms with Gasteiger partial charge in [0.1, 0.15) is 0 Å². The number of nitrogens with zero attached hydrogens (tertiary/aromatic N) is 4. The third kappa shape index (κ3) is 4.68. The van der Waals surface area contributed by atoms with Gasteiger partial charge in [-0.2, -0.15) is 0 Å². The number of carbonyl (C=O) groups is 1. The molecule has 0 bridgehead atoms. The van der Waals surface area contributed by atoms with Crippen LogP contribution in [0, 0.1) is 20.8 Å². The Labute approximate surface area is 194 Å². The fourth-order valence-electron chi connectivity index (χ4n) is 3.59. The first-order valence-electron chi connectivity index (χ1n) is 10.0. The number of aryl methyl sites for hydroxylation is 3. The highest BCUT2D eigenvalue weighted by Crippen LogP contribution is 2.31. The van der Waals surface area contributed by atoms with Crippen molar-refractivity contribution in [3.05, 3.63) is 65.3 Å². The number of benzene rings is 1. The van der Waals surface area contributed by atoms with Gasteiger partial charge < -0.3 is 9.73 Å². The lowest BCUT2D eigenvalue weighted by Crippen LogP contribution is -2.14. The molecule has 3 aromatic heterocycles. The molecule has 164 valence electrons. The number of aromatic nitrogens is 4. The molecule has 1 N–H and O–H groups in total. The molecule has 1 aromatic carbocycles. The van der Waals surface area contributed by atoms with Gasteiger partial charge in [0.2, 0.25) is 11.7 Å². The molecular formula is C23H23N5O2S2. The van der Waals surface area contributed by atoms with Crippen molar-refractivity contribution in [2.24, 2.45) is 0 Å². The molecule has 0 fully saturated rings. The molecular weight excluding hydrogens is 442 g/mol. The maximum atomic E-state index is 12.6. The molecule has 0 saturated carbocycles. The molecule has 0 aliphatic carbocycles. The van der Waals surface area contributed by atoms with E-state index in [0.717, 1.165) is 11.3 Å². The van der Waals surface area contributed by atoms with Crippen molar-refractivity contribution in [3.63, 3.8) is 0 Å². The molecule has 4 rings (SSSR count). The van der Waals surface area contributed by atoms with Gasteiger partial charge in [0.25, 0.3) is 0 Å². The zero-order valence-electron chi connectivity index (χ0n) is 18.1. The Morgan fingerprint density at radius 3 is 2.75 bits per heavy atom. The summed E-state index contributed by atoms with van der Waals surface area (Å²) in [6, 6.07) is 7.91. The molecule has 0 aliphatic heterocycles. The van der Waals surface area contributed by atoms with Crippen molar-refractivity contribution in [1.82, 2.24) is 19.7 Å². The maximum Gasteiger partial charge on any atom is 0.236 e. The van der Waals surface area contributed by atoms with Crippen molar-refractivity contribution >= 4 is 34.1 Å². The van der Waals surface area contributed by atoms with E-state index in [4.69, 9.17) is 4.42 Å². The van der Waals surface area contributed by atoms with Crippen LogP contribution < -0.4 is 5.32 Å². The Hall–Kier alpha value is -3.17. The molecule has 1 amide bonds. The monoisotopic (exact) mass is 465 g/mol. The smallest absolute Gasteiger partial charge is 0.236 e. The number of amides is 1. The predicted molar refractivity (Wildman–Crippen MR) is 129 cm³/mol. The third-order valence-electron chi connectivity index (χ3n) is 4.79. The highest BCUT2D eigenvalue weighted by molar-refractivity contribution is 7.99. The molecule has 9 heteroatoms. The number of rotatable bonds is 8. The lowest BCUT2D eigenvalue weighted by molar-refractivity contribution is -0.113. The van der Waals surface area contributed by atoms with Crippen molar-refractivity contribution in [1.29, 1.82) is 0 Å². The van der Waals surface area contributed by atoms with Gasteiger partial charge in [-0.3, -0.25) is 9.36 Å². The Kier molecular flexibility index (Phi) is 6.57. The van der Waals surface area contributed by atoms with E-state index >= 15 is 0 Å². The van der Waals surface area contributed by atoms with Crippen LogP contribution in [0.5, 0.6) is 0 Å². The first-order chi connectivity index (χ1) is 15.5. The summed E-state index contributed by atoms with van der Waals surface area (Å²) in [5.41, 5.74) is 5.57. The summed E-state index contributed by atoms with van der Waals surface area (Å²) < 4.78 is 7.30. The van der Waals surface area contributed by atoms with Crippen molar-refractivity contribution in [2.45, 2.75) is 32.5 Å². The number of furan rings is 1. The highest BCUT2D eigenvalue weighted by atomic mass is 32.2. The molecule has 3 heterocycles. The van der Waals surface area contributed by atoms with E-state index in [9.17, 15) is 4.79 Å². The van der Waals surface area contributed by atoms with E-state index in [0.29, 0.717) is 28.4 Å². The lowest BCUT2D eigenvalue weighted by atomic mass is 9.98. The van der Waals surface area contributed by atoms with Gasteiger partial charge in [0.05, 0.1) is 17.7 Å². The summed E-state index contributed by atoms with van der Waals surface area (Å²) in [6.45, 7) is 10.6. The number of thiazole rings is 1. The van der Waals surface area contributed by atoms with Crippen LogP contribution in [0.25, 0.3) is 22.8 Å². The number of carbonyl (C=O) groups excluding carboxylic acids is 1. The zero-order valence-corrected chi connectivity index (χ0v) is 19.7. The fraction of sp³-hybridized carbons (Fsp3) is 0.217. The summed E-state index contributed by atoms with van der Waals surface area (Å²) >= 11 is 2.73. The van der Waals surface area contributed by atoms with Crippen LogP contribution in [0.4, 0.5) is 5.13 Å². The lowest BCUT2D eigenvalue weighted by Gasteiger charge is -2.08. The van der Waals surface area contributed by atoms with Gasteiger partial charge in [0, 0.05) is 17.5 Å². The first-order valence-corrected chi connectivity index (χ1v) is 11.9. The molecule has 4 aromatic rings. The quantitative estimate of drug-likeness (QED) is 0.273. The fourth-order valence-corrected chi connectivity index (χ4v) is 5.06. The van der Waals surface area contributed by atoms with Gasteiger partial charge in [-0.25, -0.2) is 4.98 Å². The number of hydrogen-bond acceptors (Lipinski definition) is 7. The van der Waals surface area contributed by atoms with Crippen LogP contribution in [0.1, 0.15) is 16.7 Å². The average molecular weight is 466 g/mol. The standard InChI is InChI=1S/C23H23N5O2S2/c1-5-8-28-21(18-7-6-9-30-18)26-27-23(28)32-13-19(29)25-22-24-17(12-31-22)20-15(3)10-14(2)11-16(20)4/h5-7,9-12H,1,8,13H2,2-4H3,(H,24,25,29). The molecule has 7 nitrogen and oxygen atoms in total. The van der Waals surface area contributed by atoms with Gasteiger partial charge in [0.15, 0.2) is 16.0 Å². The summed E-state index contributed by atoms with van der Waals surface area (Å²) in [4.78, 5) is 17.2. The van der Waals surface area contributed by atoms with Gasteiger partial charge >= 0.3 is 0 Å².